The number of nitro groups is 2. The highest BCUT2D eigenvalue weighted by Crippen LogP contribution is 2.57. The molecule has 8 rings (SSSR count). The average Bonchev–Trinajstić information content (AvgIpc) is 2.95. The van der Waals surface area contributed by atoms with Crippen LogP contribution in [0.25, 0.3) is 0 Å². The minimum atomic E-state index is -1.47. The lowest BCUT2D eigenvalue weighted by molar-refractivity contribution is -0.386. The van der Waals surface area contributed by atoms with Crippen molar-refractivity contribution in [2.45, 2.75) is 23.7 Å². The molecule has 13 heteroatoms. The monoisotopic (exact) mass is 560 g/mol. The van der Waals surface area contributed by atoms with Gasteiger partial charge in [-0.15, -0.1) is 0 Å². The Morgan fingerprint density at radius 1 is 0.610 bits per heavy atom. The van der Waals surface area contributed by atoms with Gasteiger partial charge in [-0.2, -0.15) is 0 Å². The molecule has 0 saturated carbocycles. The molecule has 0 fully saturated rings. The number of carboxylic acid groups (broad SMARTS) is 2. The van der Waals surface area contributed by atoms with Gasteiger partial charge < -0.3 is 14.9 Å². The van der Waals surface area contributed by atoms with Gasteiger partial charge in [-0.05, 0) is 11.1 Å². The van der Waals surface area contributed by atoms with Gasteiger partial charge in [0.05, 0.1) is 33.5 Å². The minimum Gasteiger partial charge on any atom is -0.481 e. The quantitative estimate of drug-likeness (QED) is 0.172. The van der Waals surface area contributed by atoms with Gasteiger partial charge in [-0.3, -0.25) is 39.4 Å². The van der Waals surface area contributed by atoms with E-state index >= 15 is 0 Å². The molecule has 0 aliphatic heterocycles. The van der Waals surface area contributed by atoms with E-state index in [0.717, 1.165) is 0 Å². The standard InChI is InChI=1S/C28H20N2O11/c31-25(32)21-15-9-7-13(11-3-1-5-17(19(11)15)29(37)38)23(21)27(35)41-28(36)24-14-8-10-16(22(24)26(33)34)20-12(14)4-2-6-18(20)30(39)40/h1-10,13-16,21-24H,(H,31,32)(H,33,34). The third-order valence-corrected chi connectivity index (χ3v) is 8.70. The van der Waals surface area contributed by atoms with E-state index in [1.165, 1.54) is 36.4 Å². The normalized spacial score (nSPS) is 29.8. The van der Waals surface area contributed by atoms with Crippen molar-refractivity contribution in [2.75, 3.05) is 0 Å². The summed E-state index contributed by atoms with van der Waals surface area (Å²) in [5.74, 6) is -14.9. The molecule has 41 heavy (non-hydrogen) atoms. The van der Waals surface area contributed by atoms with Crippen LogP contribution >= 0.6 is 0 Å². The first kappa shape index (κ1) is 26.0. The minimum absolute atomic E-state index is 0.187. The molecule has 6 aliphatic carbocycles. The van der Waals surface area contributed by atoms with Crippen LogP contribution in [-0.4, -0.2) is 43.9 Å². The van der Waals surface area contributed by atoms with Crippen molar-refractivity contribution >= 4 is 35.3 Å². The molecule has 4 bridgehead atoms. The van der Waals surface area contributed by atoms with Crippen LogP contribution in [0.1, 0.15) is 45.9 Å². The largest absolute Gasteiger partial charge is 0.481 e. The summed E-state index contributed by atoms with van der Waals surface area (Å²) >= 11 is 0. The summed E-state index contributed by atoms with van der Waals surface area (Å²) < 4.78 is 5.24. The number of ether oxygens (including phenoxy) is 1. The number of fused-ring (bicyclic) bond motifs is 2. The summed E-state index contributed by atoms with van der Waals surface area (Å²) in [6, 6.07) is 8.46. The molecule has 208 valence electrons. The number of aliphatic carboxylic acids is 2. The van der Waals surface area contributed by atoms with Crippen LogP contribution in [0.5, 0.6) is 0 Å². The second-order valence-corrected chi connectivity index (χ2v) is 10.5. The van der Waals surface area contributed by atoms with Crippen molar-refractivity contribution in [3.05, 3.63) is 103 Å². The summed E-state index contributed by atoms with van der Waals surface area (Å²) in [5.41, 5.74) is 0.570. The Kier molecular flexibility index (Phi) is 5.83. The molecule has 0 amide bonds. The number of allylic oxidation sites excluding steroid dienone is 4. The van der Waals surface area contributed by atoms with Crippen LogP contribution in [0.15, 0.2) is 60.7 Å². The van der Waals surface area contributed by atoms with Gasteiger partial charge in [-0.25, -0.2) is 0 Å². The molecular weight excluding hydrogens is 540 g/mol. The van der Waals surface area contributed by atoms with Gasteiger partial charge in [0.2, 0.25) is 0 Å². The fourth-order valence-electron chi connectivity index (χ4n) is 7.20. The number of carbonyl (C=O) groups excluding carboxylic acids is 2. The zero-order chi connectivity index (χ0) is 29.3. The first-order chi connectivity index (χ1) is 19.5. The number of carboxylic acids is 2. The maximum Gasteiger partial charge on any atom is 0.318 e. The Morgan fingerprint density at radius 2 is 0.976 bits per heavy atom. The zero-order valence-corrected chi connectivity index (χ0v) is 20.9. The molecule has 13 nitrogen and oxygen atoms in total. The summed E-state index contributed by atoms with van der Waals surface area (Å²) in [6.45, 7) is 0. The lowest BCUT2D eigenvalue weighted by Crippen LogP contribution is -2.48. The molecule has 2 aromatic carbocycles. The van der Waals surface area contributed by atoms with Crippen LogP contribution in [-0.2, 0) is 23.9 Å². The molecule has 6 aliphatic rings. The molecule has 8 unspecified atom stereocenters. The Hall–Kier alpha value is -5.20. The predicted octanol–water partition coefficient (Wildman–Crippen LogP) is 3.41. The second-order valence-electron chi connectivity index (χ2n) is 10.5. The van der Waals surface area contributed by atoms with Crippen molar-refractivity contribution in [1.29, 1.82) is 0 Å². The third-order valence-electron chi connectivity index (χ3n) is 8.70. The van der Waals surface area contributed by atoms with E-state index < -0.39 is 81.1 Å². The van der Waals surface area contributed by atoms with E-state index in [0.29, 0.717) is 11.1 Å². The number of benzene rings is 2. The number of carbonyl (C=O) groups is 4. The fourth-order valence-corrected chi connectivity index (χ4v) is 7.20. The number of hydrogen-bond acceptors (Lipinski definition) is 9. The smallest absolute Gasteiger partial charge is 0.318 e. The van der Waals surface area contributed by atoms with Crippen molar-refractivity contribution in [3.8, 4) is 0 Å². The van der Waals surface area contributed by atoms with Crippen molar-refractivity contribution in [1.82, 2.24) is 0 Å². The predicted molar refractivity (Wildman–Crippen MR) is 136 cm³/mol. The van der Waals surface area contributed by atoms with Crippen LogP contribution in [0.3, 0.4) is 0 Å². The highest BCUT2D eigenvalue weighted by Gasteiger charge is 2.57. The van der Waals surface area contributed by atoms with Gasteiger partial charge in [-0.1, -0.05) is 48.6 Å². The van der Waals surface area contributed by atoms with E-state index in [9.17, 15) is 49.6 Å². The SMILES string of the molecule is O=C(OC(=O)C1C2C=CC(c3c2cccc3[N+](=O)[O-])C1C(=O)O)C1C2C=CC(c3c2cccc3[N+](=O)[O-])C1C(=O)O. The Bertz CT molecular complexity index is 1520. The Balaban J connectivity index is 1.36. The molecule has 0 aromatic heterocycles. The molecule has 0 saturated heterocycles. The van der Waals surface area contributed by atoms with Crippen LogP contribution in [0.2, 0.25) is 0 Å². The highest BCUT2D eigenvalue weighted by molar-refractivity contribution is 5.95. The van der Waals surface area contributed by atoms with E-state index in [-0.39, 0.29) is 22.5 Å². The number of nitrogens with zero attached hydrogens (tertiary/aromatic N) is 2. The lowest BCUT2D eigenvalue weighted by atomic mass is 9.59. The topological polar surface area (TPSA) is 204 Å². The van der Waals surface area contributed by atoms with E-state index in [4.69, 9.17) is 4.74 Å². The van der Waals surface area contributed by atoms with Crippen LogP contribution in [0.4, 0.5) is 11.4 Å². The maximum absolute atomic E-state index is 13.5. The van der Waals surface area contributed by atoms with Gasteiger partial charge in [0.15, 0.2) is 0 Å². The van der Waals surface area contributed by atoms with E-state index in [1.54, 1.807) is 24.3 Å². The van der Waals surface area contributed by atoms with Gasteiger partial charge >= 0.3 is 23.9 Å². The molecule has 2 aromatic rings. The third kappa shape index (κ3) is 3.68. The zero-order valence-electron chi connectivity index (χ0n) is 20.9. The van der Waals surface area contributed by atoms with Gasteiger partial charge in [0.1, 0.15) is 0 Å². The first-order valence-electron chi connectivity index (χ1n) is 12.6. The van der Waals surface area contributed by atoms with Crippen molar-refractivity contribution < 1.29 is 44.0 Å². The Labute approximate surface area is 230 Å². The molecule has 0 radical (unpaired) electrons. The van der Waals surface area contributed by atoms with Gasteiger partial charge in [0.25, 0.3) is 11.4 Å². The van der Waals surface area contributed by atoms with Gasteiger partial charge in [0, 0.05) is 46.9 Å². The number of esters is 2. The average molecular weight is 560 g/mol. The summed E-state index contributed by atoms with van der Waals surface area (Å²) in [6.07, 6.45) is 6.12. The highest BCUT2D eigenvalue weighted by atomic mass is 16.6. The molecule has 2 N–H and O–H groups in total. The molecular formula is C28H20N2O11. The summed E-state index contributed by atoms with van der Waals surface area (Å²) in [5, 5.41) is 43.4. The van der Waals surface area contributed by atoms with Crippen molar-refractivity contribution in [3.63, 3.8) is 0 Å². The number of hydrogen-bond donors (Lipinski definition) is 2. The second kappa shape index (κ2) is 9.18. The summed E-state index contributed by atoms with van der Waals surface area (Å²) in [7, 11) is 0. The van der Waals surface area contributed by atoms with E-state index in [2.05, 4.69) is 0 Å². The van der Waals surface area contributed by atoms with Crippen LogP contribution in [0, 0.1) is 43.9 Å². The summed E-state index contributed by atoms with van der Waals surface area (Å²) in [4.78, 5) is 73.9. The number of rotatable bonds is 6. The number of nitro benzene ring substituents is 2. The molecule has 0 heterocycles. The molecule has 8 atom stereocenters. The lowest BCUT2D eigenvalue weighted by Gasteiger charge is -2.44. The fraction of sp³-hybridized carbons (Fsp3) is 0.286. The molecule has 0 spiro atoms. The maximum atomic E-state index is 13.5. The first-order valence-corrected chi connectivity index (χ1v) is 12.6. The van der Waals surface area contributed by atoms with Crippen LogP contribution < -0.4 is 0 Å². The Morgan fingerprint density at radius 3 is 1.32 bits per heavy atom. The van der Waals surface area contributed by atoms with Crippen molar-refractivity contribution in [2.24, 2.45) is 23.7 Å². The van der Waals surface area contributed by atoms with E-state index in [1.807, 2.05) is 0 Å².